The van der Waals surface area contributed by atoms with Gasteiger partial charge >= 0.3 is 6.09 Å². The van der Waals surface area contributed by atoms with Gasteiger partial charge in [-0.2, -0.15) is 0 Å². The summed E-state index contributed by atoms with van der Waals surface area (Å²) in [7, 11) is 0. The molecule has 0 saturated carbocycles. The Morgan fingerprint density at radius 1 is 1.31 bits per heavy atom. The van der Waals surface area contributed by atoms with E-state index in [2.05, 4.69) is 10.3 Å². The van der Waals surface area contributed by atoms with Gasteiger partial charge in [-0.25, -0.2) is 14.2 Å². The van der Waals surface area contributed by atoms with Gasteiger partial charge in [0, 0.05) is 29.9 Å². The van der Waals surface area contributed by atoms with Gasteiger partial charge in [0.25, 0.3) is 5.91 Å². The Kier molecular flexibility index (Phi) is 7.72. The van der Waals surface area contributed by atoms with Gasteiger partial charge < -0.3 is 25.8 Å². The summed E-state index contributed by atoms with van der Waals surface area (Å²) in [4.78, 5) is 29.3. The van der Waals surface area contributed by atoms with Gasteiger partial charge in [-0.15, -0.1) is 0 Å². The lowest BCUT2D eigenvalue weighted by Gasteiger charge is -2.25. The second-order valence-electron chi connectivity index (χ2n) is 8.14. The van der Waals surface area contributed by atoms with E-state index < -0.39 is 11.7 Å². The molecule has 11 heteroatoms. The molecule has 0 aliphatic carbocycles. The molecular formula is C24H24ClFN4O4S. The molecule has 35 heavy (non-hydrogen) atoms. The maximum atomic E-state index is 14.3. The number of carbonyl (C=O) groups is 2. The first-order chi connectivity index (χ1) is 16.8. The van der Waals surface area contributed by atoms with Crippen LogP contribution in [0.15, 0.2) is 42.6 Å². The number of rotatable bonds is 4. The molecule has 2 aliphatic heterocycles. The monoisotopic (exact) mass is 518 g/mol. The smallest absolute Gasteiger partial charge is 0.410 e. The van der Waals surface area contributed by atoms with E-state index in [1.165, 1.54) is 12.6 Å². The highest BCUT2D eigenvalue weighted by Gasteiger charge is 2.34. The third-order valence-electron chi connectivity index (χ3n) is 5.75. The highest BCUT2D eigenvalue weighted by atomic mass is 35.5. The van der Waals surface area contributed by atoms with E-state index in [0.717, 1.165) is 48.4 Å². The molecule has 184 valence electrons. The first-order valence-electron chi connectivity index (χ1n) is 11.0. The fraction of sp³-hybridized carbons (Fsp3) is 0.292. The molecule has 2 saturated heterocycles. The number of nitrogens with two attached hydrogens (primary N) is 1. The van der Waals surface area contributed by atoms with E-state index in [-0.39, 0.29) is 29.5 Å². The van der Waals surface area contributed by atoms with Crippen LogP contribution in [0.3, 0.4) is 0 Å². The average molecular weight is 519 g/mol. The van der Waals surface area contributed by atoms with Gasteiger partial charge in [0.05, 0.1) is 16.5 Å². The summed E-state index contributed by atoms with van der Waals surface area (Å²) in [6, 6.07) is 9.51. The molecular weight excluding hydrogens is 495 g/mol. The Labute approximate surface area is 210 Å². The molecule has 1 aromatic heterocycles. The molecule has 4 N–H and O–H groups in total. The van der Waals surface area contributed by atoms with Crippen molar-refractivity contribution in [2.45, 2.75) is 31.8 Å². The first-order valence-corrected chi connectivity index (χ1v) is 12.2. The van der Waals surface area contributed by atoms with Gasteiger partial charge in [0.15, 0.2) is 5.13 Å². The number of benzene rings is 2. The van der Waals surface area contributed by atoms with Crippen LogP contribution in [0.5, 0.6) is 5.75 Å². The SMILES string of the molecule is Nc1ncc(-c2cc(F)c(C(=O)NCc3ccc(Cl)cc3)cc2O)s1.O=C1OC[C@@H]2CCCCN12. The summed E-state index contributed by atoms with van der Waals surface area (Å²) < 4.78 is 19.2. The lowest BCUT2D eigenvalue weighted by atomic mass is 10.0. The second kappa shape index (κ2) is 10.9. The van der Waals surface area contributed by atoms with Crippen molar-refractivity contribution in [2.24, 2.45) is 0 Å². The Hall–Kier alpha value is -3.37. The van der Waals surface area contributed by atoms with Crippen molar-refractivity contribution in [1.82, 2.24) is 15.2 Å². The van der Waals surface area contributed by atoms with Crippen molar-refractivity contribution < 1.29 is 23.8 Å². The van der Waals surface area contributed by atoms with E-state index in [0.29, 0.717) is 27.7 Å². The summed E-state index contributed by atoms with van der Waals surface area (Å²) in [6.07, 6.45) is 4.86. The number of fused-ring (bicyclic) bond motifs is 1. The summed E-state index contributed by atoms with van der Waals surface area (Å²) in [6.45, 7) is 1.74. The van der Waals surface area contributed by atoms with Crippen LogP contribution in [0.2, 0.25) is 5.02 Å². The summed E-state index contributed by atoms with van der Waals surface area (Å²) in [5.41, 5.74) is 6.36. The number of nitrogen functional groups attached to an aromatic ring is 1. The van der Waals surface area contributed by atoms with Crippen molar-refractivity contribution in [3.05, 3.63) is 64.6 Å². The molecule has 2 aromatic carbocycles. The lowest BCUT2D eigenvalue weighted by molar-refractivity contribution is 0.0946. The van der Waals surface area contributed by atoms with Crippen LogP contribution in [0.1, 0.15) is 35.2 Å². The molecule has 8 nitrogen and oxygen atoms in total. The van der Waals surface area contributed by atoms with Gasteiger partial charge in [0.1, 0.15) is 18.2 Å². The zero-order valence-corrected chi connectivity index (χ0v) is 20.2. The van der Waals surface area contributed by atoms with Crippen molar-refractivity contribution in [2.75, 3.05) is 18.9 Å². The van der Waals surface area contributed by atoms with Crippen molar-refractivity contribution in [1.29, 1.82) is 0 Å². The van der Waals surface area contributed by atoms with E-state index in [9.17, 15) is 19.1 Å². The molecule has 2 amide bonds. The minimum atomic E-state index is -0.742. The summed E-state index contributed by atoms with van der Waals surface area (Å²) in [5.74, 6) is -1.59. The number of aromatic nitrogens is 1. The van der Waals surface area contributed by atoms with Crippen LogP contribution < -0.4 is 11.1 Å². The van der Waals surface area contributed by atoms with E-state index in [4.69, 9.17) is 22.1 Å². The van der Waals surface area contributed by atoms with E-state index >= 15 is 0 Å². The summed E-state index contributed by atoms with van der Waals surface area (Å²) in [5, 5.41) is 13.6. The number of amides is 2. The fourth-order valence-electron chi connectivity index (χ4n) is 3.89. The van der Waals surface area contributed by atoms with Crippen LogP contribution >= 0.6 is 22.9 Å². The topological polar surface area (TPSA) is 118 Å². The average Bonchev–Trinajstić information content (AvgIpc) is 3.46. The molecule has 0 spiro atoms. The third-order valence-corrected chi connectivity index (χ3v) is 6.86. The first kappa shape index (κ1) is 24.7. The number of aromatic hydroxyl groups is 1. The van der Waals surface area contributed by atoms with Gasteiger partial charge in [-0.3, -0.25) is 4.79 Å². The van der Waals surface area contributed by atoms with Crippen LogP contribution in [0, 0.1) is 5.82 Å². The zero-order chi connectivity index (χ0) is 24.9. The molecule has 0 radical (unpaired) electrons. The second-order valence-corrected chi connectivity index (χ2v) is 9.64. The van der Waals surface area contributed by atoms with Gasteiger partial charge in [0.2, 0.25) is 0 Å². The number of hydrogen-bond acceptors (Lipinski definition) is 7. The number of halogens is 2. The molecule has 3 heterocycles. The summed E-state index contributed by atoms with van der Waals surface area (Å²) >= 11 is 6.91. The molecule has 0 unspecified atom stereocenters. The fourth-order valence-corrected chi connectivity index (χ4v) is 4.73. The standard InChI is InChI=1S/C17H13ClFN3O2S.C7H11NO2/c18-10-3-1-9(2-4-10)7-21-16(24)11-6-14(23)12(5-13(11)19)15-8-22-17(20)25-15;9-7-8-4-2-1-3-6(8)5-10-7/h1-6,8,23H,7H2,(H2,20,22)(H,21,24);6H,1-5H2/t;6-/m.0/s1. The van der Waals surface area contributed by atoms with Crippen molar-refractivity contribution in [3.63, 3.8) is 0 Å². The van der Waals surface area contributed by atoms with Crippen molar-refractivity contribution >= 4 is 40.1 Å². The number of carbonyl (C=O) groups excluding carboxylic acids is 2. The molecule has 3 aromatic rings. The van der Waals surface area contributed by atoms with Crippen LogP contribution in [-0.4, -0.2) is 46.2 Å². The van der Waals surface area contributed by atoms with Crippen LogP contribution in [0.25, 0.3) is 10.4 Å². The zero-order valence-electron chi connectivity index (χ0n) is 18.7. The number of nitrogens with one attached hydrogen (secondary N) is 1. The number of anilines is 1. The Bertz CT molecular complexity index is 1220. The number of hydrogen-bond donors (Lipinski definition) is 3. The Morgan fingerprint density at radius 2 is 2.09 bits per heavy atom. The minimum Gasteiger partial charge on any atom is -0.507 e. The van der Waals surface area contributed by atoms with E-state index in [1.807, 2.05) is 4.90 Å². The molecule has 0 bridgehead atoms. The lowest BCUT2D eigenvalue weighted by Crippen LogP contribution is -2.37. The largest absolute Gasteiger partial charge is 0.507 e. The predicted molar refractivity (Wildman–Crippen MR) is 132 cm³/mol. The van der Waals surface area contributed by atoms with Crippen molar-refractivity contribution in [3.8, 4) is 16.2 Å². The number of ether oxygens (including phenoxy) is 1. The number of cyclic esters (lactones) is 1. The number of piperidine rings is 1. The number of nitrogens with zero attached hydrogens (tertiary/aromatic N) is 2. The number of thiazole rings is 1. The van der Waals surface area contributed by atoms with Crippen LogP contribution in [0.4, 0.5) is 14.3 Å². The maximum absolute atomic E-state index is 14.3. The van der Waals surface area contributed by atoms with E-state index in [1.54, 1.807) is 24.3 Å². The Morgan fingerprint density at radius 3 is 2.77 bits per heavy atom. The predicted octanol–water partition coefficient (Wildman–Crippen LogP) is 4.81. The highest BCUT2D eigenvalue weighted by molar-refractivity contribution is 7.18. The quantitative estimate of drug-likeness (QED) is 0.456. The Balaban J connectivity index is 0.000000239. The van der Waals surface area contributed by atoms with Crippen LogP contribution in [-0.2, 0) is 11.3 Å². The number of phenolic OH excluding ortho intramolecular Hbond substituents is 1. The highest BCUT2D eigenvalue weighted by Crippen LogP contribution is 2.35. The normalized spacial score (nSPS) is 16.7. The molecule has 2 fully saturated rings. The molecule has 2 aliphatic rings. The van der Waals surface area contributed by atoms with Gasteiger partial charge in [-0.1, -0.05) is 35.1 Å². The third kappa shape index (κ3) is 6.01. The minimum absolute atomic E-state index is 0.107. The molecule has 1 atom stereocenters. The number of phenols is 1. The van der Waals surface area contributed by atoms with Gasteiger partial charge in [-0.05, 0) is 49.1 Å². The maximum Gasteiger partial charge on any atom is 0.410 e. The molecule has 5 rings (SSSR count).